The molecular formula is C45H28N4U. The molecule has 5 heteroatoms. The fourth-order valence-corrected chi connectivity index (χ4v) is 6.47. The minimum absolute atomic E-state index is 0. The maximum atomic E-state index is 4.92. The summed E-state index contributed by atoms with van der Waals surface area (Å²) in [7, 11) is 0. The molecule has 0 atom stereocenters. The van der Waals surface area contributed by atoms with Gasteiger partial charge in [0.1, 0.15) is 0 Å². The van der Waals surface area contributed by atoms with E-state index in [4.69, 9.17) is 15.0 Å². The molecule has 0 saturated heterocycles. The van der Waals surface area contributed by atoms with Crippen molar-refractivity contribution in [1.29, 1.82) is 0 Å². The van der Waals surface area contributed by atoms with Crippen molar-refractivity contribution >= 4 is 21.8 Å². The fourth-order valence-electron chi connectivity index (χ4n) is 6.47. The summed E-state index contributed by atoms with van der Waals surface area (Å²) in [4.78, 5) is 14.7. The second-order valence-electron chi connectivity index (χ2n) is 11.9. The number of aromatic nitrogens is 4. The first-order valence-corrected chi connectivity index (χ1v) is 16.3. The van der Waals surface area contributed by atoms with Gasteiger partial charge in [0, 0.05) is 33.2 Å². The molecule has 232 valence electrons. The molecule has 50 heavy (non-hydrogen) atoms. The molecule has 0 N–H and O–H groups in total. The predicted octanol–water partition coefficient (Wildman–Crippen LogP) is 10.9. The third-order valence-corrected chi connectivity index (χ3v) is 8.86. The van der Waals surface area contributed by atoms with Crippen molar-refractivity contribution in [2.75, 3.05) is 0 Å². The molecule has 0 amide bonds. The molecule has 2 aromatic heterocycles. The van der Waals surface area contributed by atoms with Crippen LogP contribution in [0.3, 0.4) is 0 Å². The molecule has 0 spiro atoms. The standard InChI is InChI=1S/C45H28N4.U/c1-4-13-31(14-5-1)35-19-12-20-36(29-35)37-25-28-42-40(30-37)39-21-10-11-22-41(39)49(42)38-26-23-34(24-27-38)45-47-43(32-15-6-2-7-16-32)46-44(48-45)33-17-8-3-9-18-33;/h1-13,15-28,30H;/q-2;+2. The van der Waals surface area contributed by atoms with E-state index >= 15 is 0 Å². The van der Waals surface area contributed by atoms with Crippen LogP contribution in [-0.4, -0.2) is 19.5 Å². The van der Waals surface area contributed by atoms with Crippen molar-refractivity contribution in [1.82, 2.24) is 19.5 Å². The Kier molecular flexibility index (Phi) is 8.69. The van der Waals surface area contributed by atoms with Crippen molar-refractivity contribution in [3.8, 4) is 62.1 Å². The van der Waals surface area contributed by atoms with Gasteiger partial charge < -0.3 is 4.57 Å². The first-order chi connectivity index (χ1) is 24.3. The second-order valence-corrected chi connectivity index (χ2v) is 11.9. The quantitative estimate of drug-likeness (QED) is 0.156. The van der Waals surface area contributed by atoms with Crippen LogP contribution in [0.1, 0.15) is 0 Å². The fraction of sp³-hybridized carbons (Fsp3) is 0. The first kappa shape index (κ1) is 31.7. The van der Waals surface area contributed by atoms with Gasteiger partial charge >= 0.3 is 31.1 Å². The number of rotatable bonds is 6. The summed E-state index contributed by atoms with van der Waals surface area (Å²) in [5, 5.41) is 2.40. The van der Waals surface area contributed by atoms with Crippen LogP contribution < -0.4 is 0 Å². The van der Waals surface area contributed by atoms with E-state index in [0.717, 1.165) is 55.7 Å². The number of para-hydroxylation sites is 1. The zero-order chi connectivity index (χ0) is 32.6. The van der Waals surface area contributed by atoms with E-state index in [9.17, 15) is 0 Å². The Bertz CT molecular complexity index is 2520. The van der Waals surface area contributed by atoms with Crippen molar-refractivity contribution in [2.24, 2.45) is 0 Å². The third-order valence-electron chi connectivity index (χ3n) is 8.86. The van der Waals surface area contributed by atoms with E-state index in [1.54, 1.807) is 0 Å². The Balaban J connectivity index is 0.00000361. The van der Waals surface area contributed by atoms with Crippen molar-refractivity contribution in [2.45, 2.75) is 0 Å². The Hall–Kier alpha value is -5.60. The van der Waals surface area contributed by atoms with Gasteiger partial charge in [-0.05, 0) is 36.4 Å². The van der Waals surface area contributed by atoms with Crippen LogP contribution in [0.2, 0.25) is 0 Å². The smallest absolute Gasteiger partial charge is 0.309 e. The van der Waals surface area contributed by atoms with Crippen LogP contribution >= 0.6 is 0 Å². The second kappa shape index (κ2) is 13.7. The number of hydrogen-bond acceptors (Lipinski definition) is 3. The molecule has 0 radical (unpaired) electrons. The Morgan fingerprint density at radius 1 is 0.400 bits per heavy atom. The van der Waals surface area contributed by atoms with Gasteiger partial charge in [0.25, 0.3) is 0 Å². The van der Waals surface area contributed by atoms with Crippen LogP contribution in [0, 0.1) is 43.2 Å². The molecule has 2 heterocycles. The van der Waals surface area contributed by atoms with E-state index in [1.165, 1.54) is 10.8 Å². The molecule has 0 fully saturated rings. The van der Waals surface area contributed by atoms with Gasteiger partial charge in [0.2, 0.25) is 0 Å². The summed E-state index contributed by atoms with van der Waals surface area (Å²) < 4.78 is 2.33. The number of fused-ring (bicyclic) bond motifs is 3. The van der Waals surface area contributed by atoms with Gasteiger partial charge in [-0.2, -0.15) is 42.0 Å². The maximum Gasteiger partial charge on any atom is 2.00 e. The molecule has 9 rings (SSSR count). The molecule has 7 aromatic carbocycles. The number of nitrogens with zero attached hydrogens (tertiary/aromatic N) is 4. The van der Waals surface area contributed by atoms with Crippen LogP contribution in [0.4, 0.5) is 0 Å². The van der Waals surface area contributed by atoms with Crippen LogP contribution in [0.5, 0.6) is 0 Å². The molecule has 0 unspecified atom stereocenters. The van der Waals surface area contributed by atoms with E-state index < -0.39 is 0 Å². The third kappa shape index (κ3) is 5.96. The molecule has 0 aliphatic carbocycles. The van der Waals surface area contributed by atoms with Crippen molar-refractivity contribution in [3.05, 3.63) is 182 Å². The summed E-state index contributed by atoms with van der Waals surface area (Å²) in [6.45, 7) is 0. The van der Waals surface area contributed by atoms with Crippen molar-refractivity contribution in [3.63, 3.8) is 0 Å². The molecular weight excluding hydrogens is 835 g/mol. The molecule has 0 saturated carbocycles. The summed E-state index contributed by atoms with van der Waals surface area (Å²) in [6, 6.07) is 65.2. The summed E-state index contributed by atoms with van der Waals surface area (Å²) in [5.74, 6) is 1.94. The number of benzene rings is 7. The zero-order valence-corrected chi connectivity index (χ0v) is 31.1. The molecule has 0 aliphatic heterocycles. The Labute approximate surface area is 314 Å². The van der Waals surface area contributed by atoms with E-state index in [-0.39, 0.29) is 31.1 Å². The van der Waals surface area contributed by atoms with Crippen molar-refractivity contribution < 1.29 is 31.1 Å². The SMILES string of the molecule is [U+2].[c-]1ccccc1-c1[c-]c(-c2ccc3c(c2)c2ccccc2n3-c2ccc(-c3nc(-c4ccccc4)nc(-c4ccccc4)n3)cc2)ccc1. The van der Waals surface area contributed by atoms with Gasteiger partial charge in [0.05, 0.1) is 11.0 Å². The molecule has 4 nitrogen and oxygen atoms in total. The van der Waals surface area contributed by atoms with E-state index in [0.29, 0.717) is 17.5 Å². The number of hydrogen-bond donors (Lipinski definition) is 0. The maximum absolute atomic E-state index is 4.92. The monoisotopic (exact) mass is 862 g/mol. The summed E-state index contributed by atoms with van der Waals surface area (Å²) in [6.07, 6.45) is 0. The average molecular weight is 863 g/mol. The molecule has 0 bridgehead atoms. The first-order valence-electron chi connectivity index (χ1n) is 16.3. The van der Waals surface area contributed by atoms with Gasteiger partial charge in [0.15, 0.2) is 17.5 Å². The molecule has 9 aromatic rings. The van der Waals surface area contributed by atoms with Gasteiger partial charge in [-0.25, -0.2) is 20.5 Å². The Morgan fingerprint density at radius 3 is 1.60 bits per heavy atom. The van der Waals surface area contributed by atoms with Gasteiger partial charge in [-0.1, -0.05) is 96.6 Å². The Morgan fingerprint density at radius 2 is 0.940 bits per heavy atom. The predicted molar refractivity (Wildman–Crippen MR) is 199 cm³/mol. The van der Waals surface area contributed by atoms with Crippen LogP contribution in [0.15, 0.2) is 170 Å². The topological polar surface area (TPSA) is 43.6 Å². The van der Waals surface area contributed by atoms with E-state index in [1.807, 2.05) is 78.9 Å². The average Bonchev–Trinajstić information content (AvgIpc) is 3.52. The van der Waals surface area contributed by atoms with Gasteiger partial charge in [-0.3, -0.25) is 0 Å². The largest absolute Gasteiger partial charge is 2.00 e. The summed E-state index contributed by atoms with van der Waals surface area (Å²) in [5.41, 5.74) is 10.4. The van der Waals surface area contributed by atoms with Crippen LogP contribution in [0.25, 0.3) is 83.9 Å². The van der Waals surface area contributed by atoms with E-state index in [2.05, 4.69) is 108 Å². The molecule has 0 aliphatic rings. The zero-order valence-electron chi connectivity index (χ0n) is 27.0. The minimum Gasteiger partial charge on any atom is -0.309 e. The summed E-state index contributed by atoms with van der Waals surface area (Å²) >= 11 is 0. The minimum atomic E-state index is 0. The normalized spacial score (nSPS) is 11.0. The van der Waals surface area contributed by atoms with Crippen LogP contribution in [-0.2, 0) is 0 Å². The van der Waals surface area contributed by atoms with Gasteiger partial charge in [-0.15, -0.1) is 23.8 Å².